The number of fused-ring (bicyclic) bond motifs is 1. The molecule has 1 atom stereocenters. The van der Waals surface area contributed by atoms with E-state index < -0.39 is 0 Å². The quantitative estimate of drug-likeness (QED) is 0.903. The lowest BCUT2D eigenvalue weighted by Gasteiger charge is -2.26. The highest BCUT2D eigenvalue weighted by Gasteiger charge is 2.26. The van der Waals surface area contributed by atoms with Gasteiger partial charge in [0.1, 0.15) is 5.76 Å². The van der Waals surface area contributed by atoms with E-state index >= 15 is 0 Å². The Balaban J connectivity index is 1.44. The van der Waals surface area contributed by atoms with Crippen molar-refractivity contribution in [2.24, 2.45) is 0 Å². The maximum Gasteiger partial charge on any atom is 0.251 e. The highest BCUT2D eigenvalue weighted by molar-refractivity contribution is 5.94. The molecule has 1 N–H and O–H groups in total. The lowest BCUT2D eigenvalue weighted by Crippen LogP contribution is -2.36. The number of furan rings is 1. The average molecular weight is 338 g/mol. The minimum Gasteiger partial charge on any atom is -0.468 e. The molecule has 132 valence electrons. The number of hydrogen-bond acceptors (Lipinski definition) is 3. The van der Waals surface area contributed by atoms with Gasteiger partial charge in [-0.15, -0.1) is 0 Å². The molecular weight excluding hydrogens is 312 g/mol. The Kier molecular flexibility index (Phi) is 4.88. The summed E-state index contributed by atoms with van der Waals surface area (Å²) >= 11 is 0. The van der Waals surface area contributed by atoms with E-state index in [1.165, 1.54) is 36.8 Å². The van der Waals surface area contributed by atoms with Crippen LogP contribution in [0.25, 0.3) is 0 Å². The van der Waals surface area contributed by atoms with Gasteiger partial charge in [-0.3, -0.25) is 9.69 Å². The fourth-order valence-corrected chi connectivity index (χ4v) is 4.11. The monoisotopic (exact) mass is 338 g/mol. The second-order valence-corrected chi connectivity index (χ2v) is 7.17. The maximum absolute atomic E-state index is 12.7. The Hall–Kier alpha value is -2.07. The first kappa shape index (κ1) is 16.4. The summed E-state index contributed by atoms with van der Waals surface area (Å²) in [4.78, 5) is 15.1. The van der Waals surface area contributed by atoms with Crippen LogP contribution in [0, 0.1) is 0 Å². The first-order valence-electron chi connectivity index (χ1n) is 9.49. The Bertz CT molecular complexity index is 718. The van der Waals surface area contributed by atoms with E-state index in [2.05, 4.69) is 22.3 Å². The van der Waals surface area contributed by atoms with Gasteiger partial charge in [-0.1, -0.05) is 6.07 Å². The van der Waals surface area contributed by atoms with Crippen LogP contribution in [0.3, 0.4) is 0 Å². The van der Waals surface area contributed by atoms with E-state index in [1.807, 2.05) is 18.2 Å². The molecular formula is C21H26N2O2. The Morgan fingerprint density at radius 3 is 2.64 bits per heavy atom. The molecule has 1 aliphatic carbocycles. The summed E-state index contributed by atoms with van der Waals surface area (Å²) in [5.74, 6) is 0.955. The molecule has 1 unspecified atom stereocenters. The summed E-state index contributed by atoms with van der Waals surface area (Å²) in [6.45, 7) is 2.73. The SMILES string of the molecule is O=C(NCC(c1ccco1)N1CCCC1)c1ccc2c(c1)CCCC2. The molecule has 0 saturated carbocycles. The molecule has 2 aliphatic rings. The second kappa shape index (κ2) is 7.44. The molecule has 0 spiro atoms. The molecule has 25 heavy (non-hydrogen) atoms. The van der Waals surface area contributed by atoms with Crippen LogP contribution in [-0.2, 0) is 12.8 Å². The summed E-state index contributed by atoms with van der Waals surface area (Å²) in [6.07, 6.45) is 8.88. The Morgan fingerprint density at radius 1 is 1.08 bits per heavy atom. The first-order valence-corrected chi connectivity index (χ1v) is 9.49. The molecule has 1 fully saturated rings. The number of benzene rings is 1. The van der Waals surface area contributed by atoms with E-state index in [0.29, 0.717) is 6.54 Å². The molecule has 4 heteroatoms. The number of nitrogens with zero attached hydrogens (tertiary/aromatic N) is 1. The van der Waals surface area contributed by atoms with Crippen molar-refractivity contribution in [3.63, 3.8) is 0 Å². The molecule has 2 aromatic rings. The molecule has 1 aromatic carbocycles. The summed E-state index contributed by atoms with van der Waals surface area (Å²) in [6, 6.07) is 10.2. The van der Waals surface area contributed by atoms with Crippen molar-refractivity contribution >= 4 is 5.91 Å². The number of carbonyl (C=O) groups excluding carboxylic acids is 1. The third-order valence-electron chi connectivity index (χ3n) is 5.52. The molecule has 0 bridgehead atoms. The van der Waals surface area contributed by atoms with Gasteiger partial charge in [-0.2, -0.15) is 0 Å². The van der Waals surface area contributed by atoms with E-state index in [4.69, 9.17) is 4.42 Å². The maximum atomic E-state index is 12.7. The van der Waals surface area contributed by atoms with Crippen LogP contribution in [0.5, 0.6) is 0 Å². The van der Waals surface area contributed by atoms with Crippen LogP contribution in [0.15, 0.2) is 41.0 Å². The predicted octanol–water partition coefficient (Wildman–Crippen LogP) is 3.73. The van der Waals surface area contributed by atoms with Gasteiger partial charge in [0.25, 0.3) is 5.91 Å². The summed E-state index contributed by atoms with van der Waals surface area (Å²) in [5.41, 5.74) is 3.54. The fourth-order valence-electron chi connectivity index (χ4n) is 4.11. The average Bonchev–Trinajstić information content (AvgIpc) is 3.36. The standard InChI is InChI=1S/C21H26N2O2/c24-21(18-10-9-16-6-1-2-7-17(16)14-18)22-15-19(20-8-5-13-25-20)23-11-3-4-12-23/h5,8-10,13-14,19H,1-4,6-7,11-12,15H2,(H,22,24). The van der Waals surface area contributed by atoms with Gasteiger partial charge in [0.05, 0.1) is 12.3 Å². The number of carbonyl (C=O) groups is 1. The summed E-state index contributed by atoms with van der Waals surface area (Å²) in [5, 5.41) is 3.13. The molecule has 0 radical (unpaired) electrons. The van der Waals surface area contributed by atoms with E-state index in [1.54, 1.807) is 6.26 Å². The third-order valence-corrected chi connectivity index (χ3v) is 5.52. The summed E-state index contributed by atoms with van der Waals surface area (Å²) < 4.78 is 5.63. The Labute approximate surface area is 149 Å². The predicted molar refractivity (Wildman–Crippen MR) is 97.7 cm³/mol. The van der Waals surface area contributed by atoms with Crippen molar-refractivity contribution in [2.45, 2.75) is 44.6 Å². The van der Waals surface area contributed by atoms with Crippen molar-refractivity contribution in [3.05, 3.63) is 59.0 Å². The third kappa shape index (κ3) is 3.64. The smallest absolute Gasteiger partial charge is 0.251 e. The van der Waals surface area contributed by atoms with Gasteiger partial charge in [0.2, 0.25) is 0 Å². The van der Waals surface area contributed by atoms with Crippen molar-refractivity contribution in [2.75, 3.05) is 19.6 Å². The number of rotatable bonds is 5. The number of aryl methyl sites for hydroxylation is 2. The van der Waals surface area contributed by atoms with E-state index in [9.17, 15) is 4.79 Å². The largest absolute Gasteiger partial charge is 0.468 e. The lowest BCUT2D eigenvalue weighted by atomic mass is 9.90. The van der Waals surface area contributed by atoms with Gasteiger partial charge in [-0.25, -0.2) is 0 Å². The van der Waals surface area contributed by atoms with Crippen LogP contribution in [-0.4, -0.2) is 30.4 Å². The first-order chi connectivity index (χ1) is 12.3. The molecule has 1 amide bonds. The van der Waals surface area contributed by atoms with Crippen LogP contribution < -0.4 is 5.32 Å². The van der Waals surface area contributed by atoms with Crippen molar-refractivity contribution < 1.29 is 9.21 Å². The minimum atomic E-state index is 0.0177. The van der Waals surface area contributed by atoms with Crippen LogP contribution >= 0.6 is 0 Å². The van der Waals surface area contributed by atoms with Gasteiger partial charge >= 0.3 is 0 Å². The number of nitrogens with one attached hydrogen (secondary N) is 1. The van der Waals surface area contributed by atoms with Gasteiger partial charge in [0, 0.05) is 12.1 Å². The zero-order valence-electron chi connectivity index (χ0n) is 14.7. The molecule has 4 rings (SSSR count). The van der Waals surface area contributed by atoms with Crippen molar-refractivity contribution in [3.8, 4) is 0 Å². The molecule has 1 saturated heterocycles. The second-order valence-electron chi connectivity index (χ2n) is 7.17. The van der Waals surface area contributed by atoms with Crippen molar-refractivity contribution in [1.29, 1.82) is 0 Å². The van der Waals surface area contributed by atoms with E-state index in [-0.39, 0.29) is 11.9 Å². The highest BCUT2D eigenvalue weighted by atomic mass is 16.3. The molecule has 2 heterocycles. The van der Waals surface area contributed by atoms with Gasteiger partial charge in [0.15, 0.2) is 0 Å². The van der Waals surface area contributed by atoms with Crippen LogP contribution in [0.4, 0.5) is 0 Å². The normalized spacial score (nSPS) is 18.7. The zero-order valence-corrected chi connectivity index (χ0v) is 14.7. The minimum absolute atomic E-state index is 0.0177. The van der Waals surface area contributed by atoms with Gasteiger partial charge < -0.3 is 9.73 Å². The topological polar surface area (TPSA) is 45.5 Å². The summed E-state index contributed by atoms with van der Waals surface area (Å²) in [7, 11) is 0. The molecule has 1 aromatic heterocycles. The lowest BCUT2D eigenvalue weighted by molar-refractivity contribution is 0.0933. The zero-order chi connectivity index (χ0) is 17.1. The van der Waals surface area contributed by atoms with Crippen LogP contribution in [0.2, 0.25) is 0 Å². The van der Waals surface area contributed by atoms with Crippen molar-refractivity contribution in [1.82, 2.24) is 10.2 Å². The fraction of sp³-hybridized carbons (Fsp3) is 0.476. The number of amides is 1. The number of likely N-dealkylation sites (tertiary alicyclic amines) is 1. The molecule has 1 aliphatic heterocycles. The van der Waals surface area contributed by atoms with Gasteiger partial charge in [-0.05, 0) is 87.0 Å². The Morgan fingerprint density at radius 2 is 1.88 bits per heavy atom. The highest BCUT2D eigenvalue weighted by Crippen LogP contribution is 2.25. The van der Waals surface area contributed by atoms with Crippen LogP contribution in [0.1, 0.15) is 59.0 Å². The number of hydrogen-bond donors (Lipinski definition) is 1. The van der Waals surface area contributed by atoms with E-state index in [0.717, 1.165) is 37.3 Å². The molecule has 4 nitrogen and oxygen atoms in total.